The SMILES string of the molecule is O=C1[C@H](N2CCc3c2ccc(C(F)(F)F)c3Cl)CCN1c1ccc(S(=O)(=O)Nc2nccs2)cc1.[HH].[HH]. The number of hydrogen-bond acceptors (Lipinski definition) is 6. The lowest BCUT2D eigenvalue weighted by Crippen LogP contribution is -2.41. The predicted molar refractivity (Wildman–Crippen MR) is 132 cm³/mol. The van der Waals surface area contributed by atoms with Crippen LogP contribution in [0.1, 0.15) is 20.4 Å². The van der Waals surface area contributed by atoms with Gasteiger partial charge < -0.3 is 9.80 Å². The van der Waals surface area contributed by atoms with Crippen molar-refractivity contribution in [2.24, 2.45) is 0 Å². The lowest BCUT2D eigenvalue weighted by Gasteiger charge is -2.26. The molecule has 0 spiro atoms. The summed E-state index contributed by atoms with van der Waals surface area (Å²) in [5.74, 6) is -0.203. The summed E-state index contributed by atoms with van der Waals surface area (Å²) >= 11 is 7.22. The summed E-state index contributed by atoms with van der Waals surface area (Å²) in [5.41, 5.74) is 0.599. The molecule has 3 aromatic rings. The lowest BCUT2D eigenvalue weighted by molar-refractivity contribution is -0.137. The molecule has 1 aromatic heterocycles. The van der Waals surface area contributed by atoms with Crippen molar-refractivity contribution in [3.05, 3.63) is 64.1 Å². The number of benzene rings is 2. The number of nitrogens with zero attached hydrogens (tertiary/aromatic N) is 3. The number of fused-ring (bicyclic) bond motifs is 1. The van der Waals surface area contributed by atoms with Gasteiger partial charge in [-0.2, -0.15) is 13.2 Å². The molecule has 3 heterocycles. The van der Waals surface area contributed by atoms with Gasteiger partial charge in [-0.05, 0) is 54.8 Å². The van der Waals surface area contributed by atoms with Gasteiger partial charge in [0.1, 0.15) is 6.04 Å². The van der Waals surface area contributed by atoms with E-state index in [9.17, 15) is 26.4 Å². The Morgan fingerprint density at radius 3 is 2.54 bits per heavy atom. The highest BCUT2D eigenvalue weighted by molar-refractivity contribution is 7.93. The van der Waals surface area contributed by atoms with Crippen LogP contribution in [0.25, 0.3) is 0 Å². The zero-order chi connectivity index (χ0) is 25.0. The normalized spacial score (nSPS) is 18.3. The third-order valence-corrected chi connectivity index (χ3v) is 8.71. The number of carbonyl (C=O) groups is 1. The number of anilines is 3. The maximum absolute atomic E-state index is 13.2. The van der Waals surface area contributed by atoms with E-state index >= 15 is 0 Å². The summed E-state index contributed by atoms with van der Waals surface area (Å²) in [4.78, 5) is 20.5. The van der Waals surface area contributed by atoms with Crippen LogP contribution in [0, 0.1) is 0 Å². The molecule has 0 saturated carbocycles. The molecule has 0 unspecified atom stereocenters. The minimum absolute atomic E-state index is 0. The van der Waals surface area contributed by atoms with E-state index in [0.29, 0.717) is 42.9 Å². The summed E-state index contributed by atoms with van der Waals surface area (Å²) in [5, 5.41) is 1.58. The second-order valence-electron chi connectivity index (χ2n) is 8.10. The summed E-state index contributed by atoms with van der Waals surface area (Å²) in [6.07, 6.45) is -2.26. The van der Waals surface area contributed by atoms with Crippen molar-refractivity contribution >= 4 is 55.4 Å². The van der Waals surface area contributed by atoms with Gasteiger partial charge in [0.05, 0.1) is 15.5 Å². The van der Waals surface area contributed by atoms with Crippen molar-refractivity contribution in [2.75, 3.05) is 27.6 Å². The number of rotatable bonds is 5. The van der Waals surface area contributed by atoms with Gasteiger partial charge in [0.25, 0.3) is 10.0 Å². The molecule has 1 saturated heterocycles. The quantitative estimate of drug-likeness (QED) is 0.471. The highest BCUT2D eigenvalue weighted by atomic mass is 35.5. The number of hydrogen-bond donors (Lipinski definition) is 1. The first-order valence-electron chi connectivity index (χ1n) is 10.6. The van der Waals surface area contributed by atoms with Crippen LogP contribution in [-0.4, -0.2) is 38.4 Å². The molecule has 0 radical (unpaired) electrons. The molecule has 0 aliphatic carbocycles. The molecule has 2 aliphatic rings. The minimum Gasteiger partial charge on any atom is -0.359 e. The smallest absolute Gasteiger partial charge is 0.359 e. The average Bonchev–Trinajstić information content (AvgIpc) is 3.53. The Kier molecular flexibility index (Phi) is 5.93. The number of sulfonamides is 1. The van der Waals surface area contributed by atoms with Gasteiger partial charge in [-0.3, -0.25) is 9.52 Å². The lowest BCUT2D eigenvalue weighted by atomic mass is 10.1. The number of alkyl halides is 3. The molecule has 35 heavy (non-hydrogen) atoms. The van der Waals surface area contributed by atoms with Crippen molar-refractivity contribution < 1.29 is 29.2 Å². The van der Waals surface area contributed by atoms with Gasteiger partial charge in [0, 0.05) is 38.9 Å². The number of halogens is 4. The number of aromatic nitrogens is 1. The van der Waals surface area contributed by atoms with Crippen molar-refractivity contribution in [3.8, 4) is 0 Å². The highest BCUT2D eigenvalue weighted by Crippen LogP contribution is 2.43. The largest absolute Gasteiger partial charge is 0.417 e. The fourth-order valence-corrected chi connectivity index (χ4v) is 6.63. The van der Waals surface area contributed by atoms with E-state index in [1.54, 1.807) is 27.3 Å². The van der Waals surface area contributed by atoms with Crippen LogP contribution in [0.2, 0.25) is 5.02 Å². The molecule has 1 N–H and O–H groups in total. The molecule has 0 bridgehead atoms. The second kappa shape index (κ2) is 8.68. The third kappa shape index (κ3) is 4.34. The molecule has 7 nitrogen and oxygen atoms in total. The van der Waals surface area contributed by atoms with E-state index < -0.39 is 27.8 Å². The number of nitrogens with one attached hydrogen (secondary N) is 1. The second-order valence-corrected chi connectivity index (χ2v) is 11.1. The van der Waals surface area contributed by atoms with Crippen molar-refractivity contribution in [2.45, 2.75) is 30.0 Å². The fraction of sp³-hybridized carbons (Fsp3) is 0.273. The summed E-state index contributed by atoms with van der Waals surface area (Å²) in [6.45, 7) is 0.785. The van der Waals surface area contributed by atoms with E-state index in [0.717, 1.165) is 17.4 Å². The Balaban J connectivity index is 0.00000190. The maximum atomic E-state index is 13.2. The summed E-state index contributed by atoms with van der Waals surface area (Å²) in [7, 11) is -3.82. The highest BCUT2D eigenvalue weighted by Gasteiger charge is 2.41. The van der Waals surface area contributed by atoms with Crippen LogP contribution in [0.5, 0.6) is 0 Å². The number of amides is 1. The first-order valence-corrected chi connectivity index (χ1v) is 13.3. The monoisotopic (exact) mass is 546 g/mol. The Morgan fingerprint density at radius 1 is 1.14 bits per heavy atom. The standard InChI is InChI=1S/C22H18ClF3N4O3S2.2H2/c23-19-15-7-10-30(17(15)6-5-16(19)22(24,25)26)18-8-11-29(20(18)31)13-1-3-14(4-2-13)35(32,33)28-21-27-9-12-34-21;;/h1-6,9,12,18H,7-8,10-11H2,(H,27,28);2*1H/t18-;;/m1../s1. The first kappa shape index (κ1) is 23.9. The van der Waals surface area contributed by atoms with E-state index in [-0.39, 0.29) is 23.8 Å². The van der Waals surface area contributed by atoms with Crippen LogP contribution in [-0.2, 0) is 27.4 Å². The fourth-order valence-electron chi connectivity index (χ4n) is 4.48. The van der Waals surface area contributed by atoms with Crippen LogP contribution < -0.4 is 14.5 Å². The molecular weight excluding hydrogens is 525 g/mol. The zero-order valence-electron chi connectivity index (χ0n) is 17.9. The molecule has 13 heteroatoms. The topological polar surface area (TPSA) is 82.6 Å². The Bertz CT molecular complexity index is 1390. The predicted octanol–water partition coefficient (Wildman–Crippen LogP) is 5.28. The molecule has 1 fully saturated rings. The number of carbonyl (C=O) groups excluding carboxylic acids is 1. The Hall–Kier alpha value is -2.83. The van der Waals surface area contributed by atoms with Gasteiger partial charge in [-0.15, -0.1) is 11.3 Å². The van der Waals surface area contributed by atoms with Gasteiger partial charge in [0.15, 0.2) is 5.13 Å². The van der Waals surface area contributed by atoms with Crippen LogP contribution in [0.4, 0.5) is 29.7 Å². The van der Waals surface area contributed by atoms with Crippen LogP contribution in [0.3, 0.4) is 0 Å². The molecule has 2 aromatic carbocycles. The van der Waals surface area contributed by atoms with Gasteiger partial charge in [-0.1, -0.05) is 11.6 Å². The molecule has 1 amide bonds. The van der Waals surface area contributed by atoms with Crippen molar-refractivity contribution in [1.29, 1.82) is 0 Å². The minimum atomic E-state index is -4.55. The Morgan fingerprint density at radius 2 is 1.89 bits per heavy atom. The maximum Gasteiger partial charge on any atom is 0.417 e. The molecule has 1 atom stereocenters. The van der Waals surface area contributed by atoms with E-state index in [1.165, 1.54) is 24.4 Å². The summed E-state index contributed by atoms with van der Waals surface area (Å²) < 4.78 is 67.1. The first-order chi connectivity index (χ1) is 16.6. The van der Waals surface area contributed by atoms with Crippen LogP contribution >= 0.6 is 22.9 Å². The average molecular weight is 547 g/mol. The molecular formula is C22H22ClF3N4O3S2. The van der Waals surface area contributed by atoms with E-state index in [2.05, 4.69) is 9.71 Å². The zero-order valence-corrected chi connectivity index (χ0v) is 20.3. The number of thiazole rings is 1. The summed E-state index contributed by atoms with van der Waals surface area (Å²) in [6, 6.07) is 7.73. The van der Waals surface area contributed by atoms with Gasteiger partial charge in [0.2, 0.25) is 5.91 Å². The van der Waals surface area contributed by atoms with Gasteiger partial charge in [-0.25, -0.2) is 13.4 Å². The molecule has 5 rings (SSSR count). The molecule has 2 aliphatic heterocycles. The Labute approximate surface area is 211 Å². The van der Waals surface area contributed by atoms with E-state index in [1.807, 2.05) is 0 Å². The van der Waals surface area contributed by atoms with Gasteiger partial charge >= 0.3 is 6.18 Å². The third-order valence-electron chi connectivity index (χ3n) is 6.10. The van der Waals surface area contributed by atoms with Crippen molar-refractivity contribution in [1.82, 2.24) is 4.98 Å². The van der Waals surface area contributed by atoms with Crippen molar-refractivity contribution in [3.63, 3.8) is 0 Å². The van der Waals surface area contributed by atoms with E-state index in [4.69, 9.17) is 11.6 Å². The van der Waals surface area contributed by atoms with Crippen LogP contribution in [0.15, 0.2) is 52.9 Å². The molecule has 188 valence electrons.